The van der Waals surface area contributed by atoms with Crippen molar-refractivity contribution < 1.29 is 27.3 Å². The predicted octanol–water partition coefficient (Wildman–Crippen LogP) is 2.75. The number of hydrogen-bond donors (Lipinski definition) is 1. The van der Waals surface area contributed by atoms with Crippen molar-refractivity contribution in [3.63, 3.8) is 0 Å². The van der Waals surface area contributed by atoms with E-state index in [0.717, 1.165) is 21.5 Å². The molecule has 1 unspecified atom stereocenters. The van der Waals surface area contributed by atoms with Gasteiger partial charge in [-0.1, -0.05) is 24.3 Å². The van der Waals surface area contributed by atoms with Gasteiger partial charge >= 0.3 is 0 Å². The summed E-state index contributed by atoms with van der Waals surface area (Å²) in [7, 11) is -4.07. The van der Waals surface area contributed by atoms with Crippen LogP contribution in [-0.4, -0.2) is 54.9 Å². The van der Waals surface area contributed by atoms with Gasteiger partial charge in [0.25, 0.3) is 5.69 Å². The number of non-ortho nitro benzene ring substituents is 1. The normalized spacial score (nSPS) is 12.2. The number of carbonyl (C=O) groups excluding carboxylic acids is 2. The van der Waals surface area contributed by atoms with Crippen LogP contribution in [-0.2, 0) is 26.2 Å². The van der Waals surface area contributed by atoms with E-state index in [1.165, 1.54) is 37.3 Å². The van der Waals surface area contributed by atoms with Crippen molar-refractivity contribution in [2.45, 2.75) is 46.3 Å². The van der Waals surface area contributed by atoms with Crippen LogP contribution in [0, 0.1) is 22.9 Å². The first-order chi connectivity index (χ1) is 16.2. The number of nitrogens with zero attached hydrogens (tertiary/aromatic N) is 3. The molecule has 2 rings (SSSR count). The molecule has 10 nitrogen and oxygen atoms in total. The fraction of sp³-hybridized carbons (Fsp3) is 0.391. The van der Waals surface area contributed by atoms with Gasteiger partial charge in [0.15, 0.2) is 0 Å². The lowest BCUT2D eigenvalue weighted by molar-refractivity contribution is -0.384. The quantitative estimate of drug-likeness (QED) is 0.388. The smallest absolute Gasteiger partial charge is 0.271 e. The van der Waals surface area contributed by atoms with Crippen molar-refractivity contribution in [2.24, 2.45) is 0 Å². The van der Waals surface area contributed by atoms with E-state index in [0.29, 0.717) is 5.56 Å². The van der Waals surface area contributed by atoms with E-state index in [9.17, 15) is 32.5 Å². The Balaban J connectivity index is 2.50. The molecule has 190 valence electrons. The number of nitrogens with one attached hydrogen (secondary N) is 1. The molecule has 35 heavy (non-hydrogen) atoms. The number of aryl methyl sites for hydroxylation is 1. The lowest BCUT2D eigenvalue weighted by Gasteiger charge is -2.32. The fourth-order valence-electron chi connectivity index (χ4n) is 3.37. The number of sulfonamides is 1. The van der Waals surface area contributed by atoms with Gasteiger partial charge in [-0.2, -0.15) is 0 Å². The topological polar surface area (TPSA) is 130 Å². The van der Waals surface area contributed by atoms with Crippen molar-refractivity contribution in [1.82, 2.24) is 10.2 Å². The van der Waals surface area contributed by atoms with Gasteiger partial charge in [-0.15, -0.1) is 0 Å². The molecule has 2 aromatic carbocycles. The third-order valence-electron chi connectivity index (χ3n) is 5.25. The summed E-state index contributed by atoms with van der Waals surface area (Å²) < 4.78 is 40.4. The molecule has 2 amide bonds. The monoisotopic (exact) mass is 508 g/mol. The molecule has 0 aliphatic carbocycles. The van der Waals surface area contributed by atoms with Crippen molar-refractivity contribution in [3.8, 4) is 0 Å². The van der Waals surface area contributed by atoms with E-state index in [4.69, 9.17) is 0 Å². The summed E-state index contributed by atoms with van der Waals surface area (Å²) in [5, 5.41) is 13.9. The SMILES string of the molecule is Cc1ccc([N+](=O)[O-])cc1N(CC(=O)N(Cc1ccccc1F)C(C)C(=O)NC(C)C)S(C)(=O)=O. The van der Waals surface area contributed by atoms with E-state index in [1.807, 2.05) is 0 Å². The van der Waals surface area contributed by atoms with E-state index in [-0.39, 0.29) is 29.5 Å². The third-order valence-corrected chi connectivity index (χ3v) is 6.37. The molecule has 12 heteroatoms. The Morgan fingerprint density at radius 1 is 1.14 bits per heavy atom. The Bertz CT molecular complexity index is 1220. The molecule has 0 radical (unpaired) electrons. The lowest BCUT2D eigenvalue weighted by atomic mass is 10.1. The molecule has 2 aromatic rings. The molecule has 0 saturated heterocycles. The zero-order valence-corrected chi connectivity index (χ0v) is 21.0. The third kappa shape index (κ3) is 7.22. The average molecular weight is 509 g/mol. The molecule has 0 heterocycles. The highest BCUT2D eigenvalue weighted by atomic mass is 32.2. The van der Waals surface area contributed by atoms with Gasteiger partial charge < -0.3 is 10.2 Å². The van der Waals surface area contributed by atoms with Crippen LogP contribution >= 0.6 is 0 Å². The minimum atomic E-state index is -4.07. The summed E-state index contributed by atoms with van der Waals surface area (Å²) in [5.41, 5.74) is 0.141. The number of amides is 2. The summed E-state index contributed by atoms with van der Waals surface area (Å²) in [4.78, 5) is 37.8. The maximum atomic E-state index is 14.4. The van der Waals surface area contributed by atoms with Crippen molar-refractivity contribution in [3.05, 3.63) is 69.5 Å². The zero-order chi connectivity index (χ0) is 26.5. The predicted molar refractivity (Wildman–Crippen MR) is 130 cm³/mol. The maximum Gasteiger partial charge on any atom is 0.271 e. The van der Waals surface area contributed by atoms with Gasteiger partial charge in [0.1, 0.15) is 18.4 Å². The molecular weight excluding hydrogens is 479 g/mol. The number of hydrogen-bond acceptors (Lipinski definition) is 6. The molecular formula is C23H29FN4O6S. The van der Waals surface area contributed by atoms with Gasteiger partial charge in [0.05, 0.1) is 16.9 Å². The summed E-state index contributed by atoms with van der Waals surface area (Å²) in [6, 6.07) is 8.13. The first kappa shape index (κ1) is 27.7. The number of rotatable bonds is 10. The number of anilines is 1. The number of halogens is 1. The van der Waals surface area contributed by atoms with Crippen LogP contribution in [0.25, 0.3) is 0 Å². The number of nitro groups is 1. The summed E-state index contributed by atoms with van der Waals surface area (Å²) in [5.74, 6) is -1.87. The van der Waals surface area contributed by atoms with Crippen LogP contribution in [0.5, 0.6) is 0 Å². The minimum Gasteiger partial charge on any atom is -0.352 e. The van der Waals surface area contributed by atoms with Crippen molar-refractivity contribution in [1.29, 1.82) is 0 Å². The van der Waals surface area contributed by atoms with Crippen LogP contribution in [0.15, 0.2) is 42.5 Å². The Kier molecular flexibility index (Phi) is 8.91. The Morgan fingerprint density at radius 2 is 1.77 bits per heavy atom. The van der Waals surface area contributed by atoms with Gasteiger partial charge in [0.2, 0.25) is 21.8 Å². The minimum absolute atomic E-state index is 0.0415. The highest BCUT2D eigenvalue weighted by molar-refractivity contribution is 7.92. The van der Waals surface area contributed by atoms with Gasteiger partial charge in [-0.05, 0) is 39.3 Å². The summed E-state index contributed by atoms with van der Waals surface area (Å²) in [6.45, 7) is 5.46. The van der Waals surface area contributed by atoms with Crippen LogP contribution < -0.4 is 9.62 Å². The fourth-order valence-corrected chi connectivity index (χ4v) is 4.27. The van der Waals surface area contributed by atoms with Crippen LogP contribution in [0.4, 0.5) is 15.8 Å². The molecule has 1 atom stereocenters. The molecule has 0 aliphatic heterocycles. The highest BCUT2D eigenvalue weighted by Crippen LogP contribution is 2.28. The standard InChI is InChI=1S/C23H29FN4O6S/c1-15(2)25-23(30)17(4)26(13-18-8-6-7-9-20(18)24)22(29)14-27(35(5,33)34)21-12-19(28(31)32)11-10-16(21)3/h6-12,15,17H,13-14H2,1-5H3,(H,25,30). The largest absolute Gasteiger partial charge is 0.352 e. The maximum absolute atomic E-state index is 14.4. The first-order valence-corrected chi connectivity index (χ1v) is 12.6. The van der Waals surface area contributed by atoms with Gasteiger partial charge in [-0.25, -0.2) is 12.8 Å². The molecule has 1 N–H and O–H groups in total. The number of nitro benzene ring substituents is 1. The van der Waals surface area contributed by atoms with Gasteiger partial charge in [-0.3, -0.25) is 24.0 Å². The second-order valence-corrected chi connectivity index (χ2v) is 10.4. The van der Waals surface area contributed by atoms with E-state index >= 15 is 0 Å². The molecule has 0 aliphatic rings. The highest BCUT2D eigenvalue weighted by Gasteiger charge is 2.31. The van der Waals surface area contributed by atoms with E-state index in [1.54, 1.807) is 26.8 Å². The number of benzene rings is 2. The van der Waals surface area contributed by atoms with Crippen LogP contribution in [0.3, 0.4) is 0 Å². The van der Waals surface area contributed by atoms with E-state index < -0.39 is 45.2 Å². The van der Waals surface area contributed by atoms with Crippen molar-refractivity contribution >= 4 is 33.2 Å². The Morgan fingerprint density at radius 3 is 2.31 bits per heavy atom. The summed E-state index contributed by atoms with van der Waals surface area (Å²) in [6.07, 6.45) is 0.870. The lowest BCUT2D eigenvalue weighted by Crippen LogP contribution is -2.52. The van der Waals surface area contributed by atoms with Gasteiger partial charge in [0, 0.05) is 30.3 Å². The van der Waals surface area contributed by atoms with Crippen LogP contribution in [0.1, 0.15) is 31.9 Å². The van der Waals surface area contributed by atoms with E-state index in [2.05, 4.69) is 5.32 Å². The first-order valence-electron chi connectivity index (χ1n) is 10.8. The Labute approximate surface area is 203 Å². The second-order valence-electron chi connectivity index (χ2n) is 8.45. The molecule has 0 saturated carbocycles. The summed E-state index contributed by atoms with van der Waals surface area (Å²) >= 11 is 0. The molecule has 0 fully saturated rings. The number of carbonyl (C=O) groups is 2. The van der Waals surface area contributed by atoms with Crippen LogP contribution in [0.2, 0.25) is 0 Å². The molecule has 0 spiro atoms. The second kappa shape index (κ2) is 11.3. The molecule has 0 bridgehead atoms. The average Bonchev–Trinajstić information content (AvgIpc) is 2.75. The zero-order valence-electron chi connectivity index (χ0n) is 20.2. The van der Waals surface area contributed by atoms with Crippen molar-refractivity contribution in [2.75, 3.05) is 17.1 Å². The Hall–Kier alpha value is -3.54. The molecule has 0 aromatic heterocycles.